The molecule has 0 spiro atoms. The Morgan fingerprint density at radius 3 is 2.26 bits per heavy atom. The Balaban J connectivity index is 1.52. The Kier molecular flexibility index (Phi) is 4.73. The zero-order valence-corrected chi connectivity index (χ0v) is 17.3. The summed E-state index contributed by atoms with van der Waals surface area (Å²) in [5.41, 5.74) is 0.839. The number of carbonyl (C=O) groups excluding carboxylic acids is 2. The first-order valence-corrected chi connectivity index (χ1v) is 10.6. The molecule has 3 atom stereocenters. The molecule has 2 fully saturated rings. The van der Waals surface area contributed by atoms with Gasteiger partial charge >= 0.3 is 0 Å². The van der Waals surface area contributed by atoms with Crippen molar-refractivity contribution in [3.8, 4) is 0 Å². The number of hydroxylamine groups is 1. The van der Waals surface area contributed by atoms with Gasteiger partial charge in [-0.2, -0.15) is 0 Å². The minimum atomic E-state index is -0.995. The highest BCUT2D eigenvalue weighted by Gasteiger charge is 2.60. The molecule has 3 aromatic rings. The average molecular weight is 456 g/mol. The predicted octanol–water partition coefficient (Wildman–Crippen LogP) is 4.36. The van der Waals surface area contributed by atoms with Gasteiger partial charge < -0.3 is 0 Å². The first kappa shape index (κ1) is 19.7. The Morgan fingerprint density at radius 2 is 1.65 bits per heavy atom. The average Bonchev–Trinajstić information content (AvgIpc) is 3.46. The number of non-ortho nitro benzene ring substituents is 1. The van der Waals surface area contributed by atoms with Crippen molar-refractivity contribution >= 4 is 51.8 Å². The van der Waals surface area contributed by atoms with Crippen LogP contribution in [0.5, 0.6) is 0 Å². The van der Waals surface area contributed by atoms with Crippen LogP contribution < -0.4 is 9.96 Å². The molecule has 2 aliphatic rings. The maximum Gasteiger partial charge on any atom is 0.269 e. The second kappa shape index (κ2) is 7.45. The zero-order valence-electron chi connectivity index (χ0n) is 15.8. The van der Waals surface area contributed by atoms with Gasteiger partial charge in [0.2, 0.25) is 5.91 Å². The molecule has 0 aliphatic carbocycles. The van der Waals surface area contributed by atoms with Gasteiger partial charge in [-0.3, -0.25) is 24.5 Å². The molecule has 0 bridgehead atoms. The first-order chi connectivity index (χ1) is 15.0. The van der Waals surface area contributed by atoms with Crippen LogP contribution in [0.15, 0.2) is 66.0 Å². The van der Waals surface area contributed by atoms with Gasteiger partial charge in [-0.1, -0.05) is 17.7 Å². The minimum absolute atomic E-state index is 0.121. The monoisotopic (exact) mass is 455 g/mol. The van der Waals surface area contributed by atoms with Crippen molar-refractivity contribution in [2.75, 3.05) is 9.96 Å². The zero-order chi connectivity index (χ0) is 21.7. The number of carbonyl (C=O) groups is 2. The van der Waals surface area contributed by atoms with Crippen LogP contribution in [-0.4, -0.2) is 22.8 Å². The van der Waals surface area contributed by atoms with Gasteiger partial charge in [0.25, 0.3) is 11.6 Å². The second-order valence-electron chi connectivity index (χ2n) is 7.10. The molecule has 31 heavy (non-hydrogen) atoms. The van der Waals surface area contributed by atoms with Gasteiger partial charge in [-0.05, 0) is 47.8 Å². The van der Waals surface area contributed by atoms with Crippen molar-refractivity contribution in [2.45, 2.75) is 12.1 Å². The fourth-order valence-corrected chi connectivity index (χ4v) is 4.93. The molecule has 2 amide bonds. The van der Waals surface area contributed by atoms with Crippen molar-refractivity contribution in [2.24, 2.45) is 5.92 Å². The maximum absolute atomic E-state index is 13.4. The number of amides is 2. The van der Waals surface area contributed by atoms with Gasteiger partial charge in [-0.25, -0.2) is 9.96 Å². The van der Waals surface area contributed by atoms with Crippen LogP contribution in [0.2, 0.25) is 5.02 Å². The molecule has 8 nitrogen and oxygen atoms in total. The first-order valence-electron chi connectivity index (χ1n) is 9.33. The molecule has 156 valence electrons. The summed E-state index contributed by atoms with van der Waals surface area (Å²) in [5, 5.41) is 15.0. The molecule has 3 heterocycles. The molecular formula is C21H14ClN3O5S. The van der Waals surface area contributed by atoms with Crippen molar-refractivity contribution in [3.63, 3.8) is 0 Å². The maximum atomic E-state index is 13.4. The van der Waals surface area contributed by atoms with Gasteiger partial charge in [0.05, 0.1) is 16.3 Å². The van der Waals surface area contributed by atoms with Crippen LogP contribution in [0.25, 0.3) is 0 Å². The highest BCUT2D eigenvalue weighted by molar-refractivity contribution is 7.10. The van der Waals surface area contributed by atoms with Crippen LogP contribution >= 0.6 is 22.9 Å². The van der Waals surface area contributed by atoms with E-state index in [1.165, 1.54) is 35.6 Å². The van der Waals surface area contributed by atoms with E-state index in [2.05, 4.69) is 0 Å². The Morgan fingerprint density at radius 1 is 0.968 bits per heavy atom. The summed E-state index contributed by atoms with van der Waals surface area (Å²) in [7, 11) is 0. The van der Waals surface area contributed by atoms with Gasteiger partial charge in [0.15, 0.2) is 6.10 Å². The number of imide groups is 1. The van der Waals surface area contributed by atoms with E-state index in [0.29, 0.717) is 10.7 Å². The molecule has 0 unspecified atom stereocenters. The number of nitrogens with zero attached hydrogens (tertiary/aromatic N) is 3. The fourth-order valence-electron chi connectivity index (χ4n) is 3.95. The van der Waals surface area contributed by atoms with Crippen molar-refractivity contribution in [3.05, 3.63) is 86.1 Å². The quantitative estimate of drug-likeness (QED) is 0.329. The molecule has 2 aliphatic heterocycles. The lowest BCUT2D eigenvalue weighted by molar-refractivity contribution is -0.384. The number of nitro benzene ring substituents is 1. The number of rotatable bonds is 4. The van der Waals surface area contributed by atoms with E-state index < -0.39 is 34.8 Å². The highest BCUT2D eigenvalue weighted by Crippen LogP contribution is 2.48. The molecule has 10 heteroatoms. The number of hydrogen-bond acceptors (Lipinski definition) is 7. The number of anilines is 2. The molecule has 2 saturated heterocycles. The summed E-state index contributed by atoms with van der Waals surface area (Å²) in [6.45, 7) is 0. The van der Waals surface area contributed by atoms with Crippen LogP contribution in [0.4, 0.5) is 17.1 Å². The third-order valence-corrected chi connectivity index (χ3v) is 6.54. The molecule has 0 radical (unpaired) electrons. The SMILES string of the molecule is O=C1[C@@H]2[C@H](ON(c3ccc(Cl)cc3)[C@H]2c2cccs2)C(=O)N1c1ccc([N+](=O)[O-])cc1. The van der Waals surface area contributed by atoms with E-state index in [0.717, 1.165) is 9.78 Å². The summed E-state index contributed by atoms with van der Waals surface area (Å²) in [4.78, 5) is 44.9. The highest BCUT2D eigenvalue weighted by atomic mass is 35.5. The molecule has 0 N–H and O–H groups in total. The minimum Gasteiger partial charge on any atom is -0.273 e. The molecule has 1 aromatic heterocycles. The summed E-state index contributed by atoms with van der Waals surface area (Å²) in [6, 6.07) is 15.6. The number of thiophene rings is 1. The van der Waals surface area contributed by atoms with Crippen molar-refractivity contribution in [1.29, 1.82) is 0 Å². The van der Waals surface area contributed by atoms with Gasteiger partial charge in [0.1, 0.15) is 12.0 Å². The largest absolute Gasteiger partial charge is 0.273 e. The summed E-state index contributed by atoms with van der Waals surface area (Å²) in [6.07, 6.45) is -0.995. The Bertz CT molecular complexity index is 1170. The van der Waals surface area contributed by atoms with E-state index >= 15 is 0 Å². The van der Waals surface area contributed by atoms with E-state index in [9.17, 15) is 19.7 Å². The third kappa shape index (κ3) is 3.18. The van der Waals surface area contributed by atoms with Crippen LogP contribution in [0.3, 0.4) is 0 Å². The van der Waals surface area contributed by atoms with Crippen LogP contribution in [0.1, 0.15) is 10.9 Å². The topological polar surface area (TPSA) is 93.0 Å². The molecule has 2 aromatic carbocycles. The summed E-state index contributed by atoms with van der Waals surface area (Å²) < 4.78 is 0. The summed E-state index contributed by atoms with van der Waals surface area (Å²) >= 11 is 7.47. The predicted molar refractivity (Wildman–Crippen MR) is 115 cm³/mol. The van der Waals surface area contributed by atoms with Crippen LogP contribution in [-0.2, 0) is 14.4 Å². The summed E-state index contributed by atoms with van der Waals surface area (Å²) in [5.74, 6) is -1.65. The Labute approximate surface area is 185 Å². The van der Waals surface area contributed by atoms with Crippen molar-refractivity contribution in [1.82, 2.24) is 0 Å². The number of halogens is 1. The fraction of sp³-hybridized carbons (Fsp3) is 0.143. The lowest BCUT2D eigenvalue weighted by Crippen LogP contribution is -2.37. The standard InChI is InChI=1S/C21H14ClN3O5S/c22-12-3-5-14(6-4-12)24-18(16-2-1-11-31-16)17-19(30-24)21(27)23(20(17)26)13-7-9-15(10-8-13)25(28)29/h1-11,17-19H/t17-,18-,19-/m0/s1. The number of benzene rings is 2. The normalized spacial score (nSPS) is 22.8. The van der Waals surface area contributed by atoms with Crippen molar-refractivity contribution < 1.29 is 19.3 Å². The van der Waals surface area contributed by atoms with Gasteiger partial charge in [-0.15, -0.1) is 11.3 Å². The molecular weight excluding hydrogens is 442 g/mol. The third-order valence-electron chi connectivity index (χ3n) is 5.35. The molecule has 5 rings (SSSR count). The van der Waals surface area contributed by atoms with E-state index in [4.69, 9.17) is 16.4 Å². The van der Waals surface area contributed by atoms with Crippen LogP contribution in [0, 0.1) is 16.0 Å². The van der Waals surface area contributed by atoms with E-state index in [1.807, 2.05) is 17.5 Å². The lowest BCUT2D eigenvalue weighted by atomic mass is 9.95. The Hall–Kier alpha value is -3.27. The second-order valence-corrected chi connectivity index (χ2v) is 8.52. The lowest BCUT2D eigenvalue weighted by Gasteiger charge is -2.27. The number of nitro groups is 1. The van der Waals surface area contributed by atoms with E-state index in [1.54, 1.807) is 29.3 Å². The number of hydrogen-bond donors (Lipinski definition) is 0. The number of fused-ring (bicyclic) bond motifs is 1. The smallest absolute Gasteiger partial charge is 0.269 e. The molecule has 0 saturated carbocycles. The van der Waals surface area contributed by atoms with E-state index in [-0.39, 0.29) is 11.4 Å². The van der Waals surface area contributed by atoms with Gasteiger partial charge in [0, 0.05) is 22.0 Å².